The predicted octanol–water partition coefficient (Wildman–Crippen LogP) is 4.34. The van der Waals surface area contributed by atoms with Crippen LogP contribution in [0.15, 0.2) is 35.4 Å². The van der Waals surface area contributed by atoms with E-state index in [0.717, 1.165) is 41.5 Å². The summed E-state index contributed by atoms with van der Waals surface area (Å²) in [5, 5.41) is 0.727. The van der Waals surface area contributed by atoms with Crippen LogP contribution in [0.4, 0.5) is 0 Å². The molecule has 0 radical (unpaired) electrons. The summed E-state index contributed by atoms with van der Waals surface area (Å²) in [6, 6.07) is 7.75. The summed E-state index contributed by atoms with van der Waals surface area (Å²) in [6.07, 6.45) is 5.67. The highest BCUT2D eigenvalue weighted by atomic mass is 32.1. The standard InChI is InChI=1S/C21H22N2O2S/c1-3-13(2)14-7-9-15(10-8-14)17(24)11-23-12-22-20-19(21(23)25)16-5-4-6-18(16)26-20/h7-10,12-13H,3-6,11H2,1-2H3/t13-/m0/s1. The Morgan fingerprint density at radius 2 is 2.04 bits per heavy atom. The number of carbonyl (C=O) groups is 1. The number of hydrogen-bond acceptors (Lipinski definition) is 4. The molecular formula is C21H22N2O2S. The number of rotatable bonds is 5. The Kier molecular flexibility index (Phi) is 4.49. The molecule has 2 aromatic heterocycles. The number of benzene rings is 1. The van der Waals surface area contributed by atoms with Crippen molar-refractivity contribution in [1.29, 1.82) is 0 Å². The average molecular weight is 366 g/mol. The highest BCUT2D eigenvalue weighted by molar-refractivity contribution is 7.18. The molecule has 26 heavy (non-hydrogen) atoms. The summed E-state index contributed by atoms with van der Waals surface area (Å²) in [5.74, 6) is 0.421. The van der Waals surface area contributed by atoms with Crippen molar-refractivity contribution < 1.29 is 4.79 Å². The van der Waals surface area contributed by atoms with Gasteiger partial charge in [0, 0.05) is 10.4 Å². The van der Waals surface area contributed by atoms with E-state index in [9.17, 15) is 9.59 Å². The van der Waals surface area contributed by atoms with Gasteiger partial charge in [0.2, 0.25) is 0 Å². The highest BCUT2D eigenvalue weighted by Gasteiger charge is 2.21. The molecule has 2 heterocycles. The van der Waals surface area contributed by atoms with Gasteiger partial charge in [-0.25, -0.2) is 4.98 Å². The van der Waals surface area contributed by atoms with E-state index in [0.29, 0.717) is 11.5 Å². The van der Waals surface area contributed by atoms with Crippen molar-refractivity contribution in [2.45, 2.75) is 52.0 Å². The van der Waals surface area contributed by atoms with Crippen molar-refractivity contribution in [2.75, 3.05) is 0 Å². The van der Waals surface area contributed by atoms with Gasteiger partial charge in [0.1, 0.15) is 4.83 Å². The third-order valence-electron chi connectivity index (χ3n) is 5.42. The molecule has 1 aliphatic carbocycles. The van der Waals surface area contributed by atoms with Crippen LogP contribution in [-0.2, 0) is 19.4 Å². The summed E-state index contributed by atoms with van der Waals surface area (Å²) >= 11 is 1.62. The molecule has 1 aliphatic rings. The van der Waals surface area contributed by atoms with Crippen LogP contribution in [0.25, 0.3) is 10.2 Å². The molecule has 0 spiro atoms. The monoisotopic (exact) mass is 366 g/mol. The van der Waals surface area contributed by atoms with E-state index in [1.54, 1.807) is 11.3 Å². The van der Waals surface area contributed by atoms with Crippen LogP contribution < -0.4 is 5.56 Å². The normalized spacial score (nSPS) is 14.5. The lowest BCUT2D eigenvalue weighted by atomic mass is 9.97. The topological polar surface area (TPSA) is 52.0 Å². The van der Waals surface area contributed by atoms with Gasteiger partial charge in [0.15, 0.2) is 5.78 Å². The highest BCUT2D eigenvalue weighted by Crippen LogP contribution is 2.34. The van der Waals surface area contributed by atoms with E-state index in [2.05, 4.69) is 18.8 Å². The number of fused-ring (bicyclic) bond motifs is 3. The molecule has 0 saturated carbocycles. The number of nitrogens with zero attached hydrogens (tertiary/aromatic N) is 2. The lowest BCUT2D eigenvalue weighted by molar-refractivity contribution is 0.0970. The minimum Gasteiger partial charge on any atom is -0.292 e. The zero-order valence-corrected chi connectivity index (χ0v) is 15.9. The first kappa shape index (κ1) is 17.2. The van der Waals surface area contributed by atoms with Gasteiger partial charge < -0.3 is 0 Å². The maximum atomic E-state index is 12.9. The zero-order valence-electron chi connectivity index (χ0n) is 15.1. The molecule has 5 heteroatoms. The van der Waals surface area contributed by atoms with Crippen LogP contribution >= 0.6 is 11.3 Å². The SMILES string of the molecule is CC[C@H](C)c1ccc(C(=O)Cn2cnc3sc4c(c3c2=O)CCC4)cc1. The van der Waals surface area contributed by atoms with Gasteiger partial charge in [0.25, 0.3) is 5.56 Å². The maximum absolute atomic E-state index is 12.9. The van der Waals surface area contributed by atoms with Gasteiger partial charge >= 0.3 is 0 Å². The average Bonchev–Trinajstić information content (AvgIpc) is 3.24. The second kappa shape index (κ2) is 6.80. The molecule has 134 valence electrons. The van der Waals surface area contributed by atoms with Crippen molar-refractivity contribution in [2.24, 2.45) is 0 Å². The first-order valence-electron chi connectivity index (χ1n) is 9.21. The summed E-state index contributed by atoms with van der Waals surface area (Å²) in [5.41, 5.74) is 2.94. The summed E-state index contributed by atoms with van der Waals surface area (Å²) in [6.45, 7) is 4.37. The van der Waals surface area contributed by atoms with Gasteiger partial charge in [-0.05, 0) is 42.7 Å². The lowest BCUT2D eigenvalue weighted by Gasteiger charge is -2.10. The van der Waals surface area contributed by atoms with Gasteiger partial charge in [-0.15, -0.1) is 11.3 Å². The molecule has 1 atom stereocenters. The van der Waals surface area contributed by atoms with E-state index >= 15 is 0 Å². The minimum atomic E-state index is -0.0843. The molecule has 4 rings (SSSR count). The number of Topliss-reactive ketones (excluding diaryl/α,β-unsaturated/α-hetero) is 1. The Hall–Kier alpha value is -2.27. The number of hydrogen-bond donors (Lipinski definition) is 0. The Bertz CT molecular complexity index is 1030. The van der Waals surface area contributed by atoms with Crippen molar-refractivity contribution in [3.05, 3.63) is 62.5 Å². The third-order valence-corrected chi connectivity index (χ3v) is 6.62. The Labute approximate surface area is 156 Å². The van der Waals surface area contributed by atoms with Gasteiger partial charge in [-0.1, -0.05) is 38.1 Å². The van der Waals surface area contributed by atoms with E-state index in [1.807, 2.05) is 24.3 Å². The molecule has 0 unspecified atom stereocenters. The second-order valence-corrected chi connectivity index (χ2v) is 8.15. The van der Waals surface area contributed by atoms with Gasteiger partial charge in [-0.2, -0.15) is 0 Å². The van der Waals surface area contributed by atoms with Crippen molar-refractivity contribution in [3.8, 4) is 0 Å². The summed E-state index contributed by atoms with van der Waals surface area (Å²) in [4.78, 5) is 32.0. The first-order valence-corrected chi connectivity index (χ1v) is 10.0. The lowest BCUT2D eigenvalue weighted by Crippen LogP contribution is -2.24. The van der Waals surface area contributed by atoms with Crippen LogP contribution in [0.1, 0.15) is 59.0 Å². The largest absolute Gasteiger partial charge is 0.292 e. The molecule has 0 amide bonds. The number of thiophene rings is 1. The van der Waals surface area contributed by atoms with E-state index < -0.39 is 0 Å². The number of aromatic nitrogens is 2. The summed E-state index contributed by atoms with van der Waals surface area (Å²) in [7, 11) is 0. The minimum absolute atomic E-state index is 0.0368. The number of aryl methyl sites for hydroxylation is 2. The third kappa shape index (κ3) is 2.90. The van der Waals surface area contributed by atoms with Gasteiger partial charge in [-0.3, -0.25) is 14.2 Å². The molecule has 4 nitrogen and oxygen atoms in total. The predicted molar refractivity (Wildman–Crippen MR) is 105 cm³/mol. The smallest absolute Gasteiger partial charge is 0.262 e. The summed E-state index contributed by atoms with van der Waals surface area (Å²) < 4.78 is 1.46. The molecule has 1 aromatic carbocycles. The molecule has 3 aromatic rings. The molecular weight excluding hydrogens is 344 g/mol. The molecule has 0 aliphatic heterocycles. The Morgan fingerprint density at radius 3 is 2.77 bits per heavy atom. The molecule has 0 fully saturated rings. The molecule has 0 N–H and O–H groups in total. The first-order chi connectivity index (χ1) is 12.6. The fraction of sp³-hybridized carbons (Fsp3) is 0.381. The van der Waals surface area contributed by atoms with Crippen molar-refractivity contribution in [3.63, 3.8) is 0 Å². The molecule has 0 bridgehead atoms. The zero-order chi connectivity index (χ0) is 18.3. The van der Waals surface area contributed by atoms with E-state index in [-0.39, 0.29) is 17.9 Å². The fourth-order valence-electron chi connectivity index (χ4n) is 3.61. The number of carbonyl (C=O) groups excluding carboxylic acids is 1. The number of ketones is 1. The van der Waals surface area contributed by atoms with Crippen molar-refractivity contribution >= 4 is 27.3 Å². The van der Waals surface area contributed by atoms with E-state index in [1.165, 1.54) is 21.3 Å². The molecule has 0 saturated heterocycles. The van der Waals surface area contributed by atoms with Gasteiger partial charge in [0.05, 0.1) is 18.3 Å². The Balaban J connectivity index is 1.62. The van der Waals surface area contributed by atoms with Crippen LogP contribution in [0, 0.1) is 0 Å². The van der Waals surface area contributed by atoms with Crippen LogP contribution in [0.2, 0.25) is 0 Å². The van der Waals surface area contributed by atoms with Crippen molar-refractivity contribution in [1.82, 2.24) is 9.55 Å². The van der Waals surface area contributed by atoms with E-state index in [4.69, 9.17) is 0 Å². The van der Waals surface area contributed by atoms with Crippen LogP contribution in [0.3, 0.4) is 0 Å². The fourth-order valence-corrected chi connectivity index (χ4v) is 4.83. The second-order valence-electron chi connectivity index (χ2n) is 7.07. The Morgan fingerprint density at radius 1 is 1.27 bits per heavy atom. The quantitative estimate of drug-likeness (QED) is 0.631. The van der Waals surface area contributed by atoms with Crippen LogP contribution in [-0.4, -0.2) is 15.3 Å². The maximum Gasteiger partial charge on any atom is 0.262 e. The van der Waals surface area contributed by atoms with Crippen LogP contribution in [0.5, 0.6) is 0 Å².